The molecule has 1 amide bonds. The maximum Gasteiger partial charge on any atom is 0.251 e. The summed E-state index contributed by atoms with van der Waals surface area (Å²) in [6, 6.07) is 5.68. The first-order valence-corrected chi connectivity index (χ1v) is 7.01. The van der Waals surface area contributed by atoms with Gasteiger partial charge in [-0.15, -0.1) is 0 Å². The van der Waals surface area contributed by atoms with Gasteiger partial charge in [0.2, 0.25) is 0 Å². The van der Waals surface area contributed by atoms with E-state index >= 15 is 0 Å². The average molecular weight is 285 g/mol. The number of hydrogen-bond acceptors (Lipinski definition) is 2. The summed E-state index contributed by atoms with van der Waals surface area (Å²) in [5.41, 5.74) is 12.2. The molecule has 0 spiro atoms. The van der Waals surface area contributed by atoms with Crippen LogP contribution in [0.4, 0.5) is 0 Å². The molecule has 0 saturated heterocycles. The van der Waals surface area contributed by atoms with E-state index in [-0.39, 0.29) is 5.91 Å². The summed E-state index contributed by atoms with van der Waals surface area (Å²) < 4.78 is 0. The van der Waals surface area contributed by atoms with Crippen LogP contribution in [0.15, 0.2) is 23.3 Å². The number of carbonyl (C=O) groups is 1. The Balaban J connectivity index is 1.96. The Labute approximate surface area is 123 Å². The van der Waals surface area contributed by atoms with Gasteiger partial charge in [-0.3, -0.25) is 4.79 Å². The summed E-state index contributed by atoms with van der Waals surface area (Å²) >= 11 is 0. The Morgan fingerprint density at radius 3 is 2.95 bits per heavy atom. The van der Waals surface area contributed by atoms with E-state index in [1.807, 2.05) is 32.0 Å². The van der Waals surface area contributed by atoms with Crippen LogP contribution < -0.4 is 5.32 Å². The van der Waals surface area contributed by atoms with Gasteiger partial charge in [0.05, 0.1) is 0 Å². The highest BCUT2D eigenvalue weighted by Crippen LogP contribution is 2.22. The highest BCUT2D eigenvalue weighted by molar-refractivity contribution is 5.99. The van der Waals surface area contributed by atoms with Crippen molar-refractivity contribution in [3.05, 3.63) is 45.5 Å². The van der Waals surface area contributed by atoms with E-state index in [1.54, 1.807) is 0 Å². The van der Waals surface area contributed by atoms with Crippen LogP contribution in [0.1, 0.15) is 34.5 Å². The molecular formula is C15H19N5O. The van der Waals surface area contributed by atoms with Crippen molar-refractivity contribution >= 4 is 16.8 Å². The second-order valence-corrected chi connectivity index (χ2v) is 5.05. The summed E-state index contributed by atoms with van der Waals surface area (Å²) in [4.78, 5) is 18.1. The number of H-pyrrole nitrogens is 1. The number of aromatic amines is 1. The summed E-state index contributed by atoms with van der Waals surface area (Å²) in [6.45, 7) is 5.13. The lowest BCUT2D eigenvalue weighted by Crippen LogP contribution is -2.24. The number of nitrogens with one attached hydrogen (secondary N) is 2. The Bertz CT molecular complexity index is 697. The lowest BCUT2D eigenvalue weighted by molar-refractivity contribution is 0.0953. The molecule has 0 unspecified atom stereocenters. The van der Waals surface area contributed by atoms with Crippen molar-refractivity contribution in [2.45, 2.75) is 26.7 Å². The zero-order valence-corrected chi connectivity index (χ0v) is 12.3. The Morgan fingerprint density at radius 2 is 2.19 bits per heavy atom. The molecule has 0 aliphatic rings. The minimum absolute atomic E-state index is 0.0704. The van der Waals surface area contributed by atoms with Gasteiger partial charge in [-0.25, -0.2) is 0 Å². The van der Waals surface area contributed by atoms with Gasteiger partial charge in [0.15, 0.2) is 0 Å². The van der Waals surface area contributed by atoms with Crippen LogP contribution in [0.3, 0.4) is 0 Å². The number of benzene rings is 1. The molecule has 1 heterocycles. The fraction of sp³-hybridized carbons (Fsp3) is 0.400. The number of nitrogens with zero attached hydrogens (tertiary/aromatic N) is 3. The molecule has 6 heteroatoms. The van der Waals surface area contributed by atoms with E-state index in [2.05, 4.69) is 20.3 Å². The minimum atomic E-state index is -0.0704. The fourth-order valence-electron chi connectivity index (χ4n) is 2.26. The van der Waals surface area contributed by atoms with Crippen LogP contribution in [0.5, 0.6) is 0 Å². The van der Waals surface area contributed by atoms with E-state index in [0.717, 1.165) is 29.4 Å². The van der Waals surface area contributed by atoms with Gasteiger partial charge >= 0.3 is 0 Å². The Kier molecular flexibility index (Phi) is 4.85. The standard InChI is InChI=1S/C15H19N5O/c1-10-11(2)19-14-6-5-12(9-13(10)14)15(21)17-7-3-4-8-18-20-16/h5-6,9,19H,3-4,7-8H2,1-2H3,(H,17,21). The predicted molar refractivity (Wildman–Crippen MR) is 83.4 cm³/mol. The summed E-state index contributed by atoms with van der Waals surface area (Å²) in [7, 11) is 0. The number of hydrogen-bond donors (Lipinski definition) is 2. The van der Waals surface area contributed by atoms with Crippen molar-refractivity contribution in [2.75, 3.05) is 13.1 Å². The van der Waals surface area contributed by atoms with Crippen molar-refractivity contribution in [3.63, 3.8) is 0 Å². The van der Waals surface area contributed by atoms with Crippen LogP contribution in [-0.2, 0) is 0 Å². The third-order valence-corrected chi connectivity index (χ3v) is 3.60. The molecule has 0 aliphatic carbocycles. The number of azide groups is 1. The SMILES string of the molecule is Cc1[nH]c2ccc(C(=O)NCCCCN=[N+]=[N-])cc2c1C. The van der Waals surface area contributed by atoms with E-state index in [1.165, 1.54) is 5.56 Å². The molecule has 0 aliphatic heterocycles. The second-order valence-electron chi connectivity index (χ2n) is 5.05. The molecule has 110 valence electrons. The van der Waals surface area contributed by atoms with Gasteiger partial charge < -0.3 is 10.3 Å². The van der Waals surface area contributed by atoms with E-state index in [0.29, 0.717) is 18.7 Å². The lowest BCUT2D eigenvalue weighted by Gasteiger charge is -2.05. The molecule has 2 N–H and O–H groups in total. The van der Waals surface area contributed by atoms with Crippen molar-refractivity contribution in [3.8, 4) is 0 Å². The maximum absolute atomic E-state index is 12.1. The number of aromatic nitrogens is 1. The van der Waals surface area contributed by atoms with Gasteiger partial charge in [0, 0.05) is 40.2 Å². The quantitative estimate of drug-likeness (QED) is 0.361. The van der Waals surface area contributed by atoms with Crippen LogP contribution in [0.25, 0.3) is 21.3 Å². The molecule has 0 radical (unpaired) electrons. The largest absolute Gasteiger partial charge is 0.358 e. The number of amides is 1. The number of aryl methyl sites for hydroxylation is 2. The molecule has 2 aromatic rings. The first-order valence-electron chi connectivity index (χ1n) is 7.01. The normalized spacial score (nSPS) is 10.4. The highest BCUT2D eigenvalue weighted by Gasteiger charge is 2.09. The van der Waals surface area contributed by atoms with E-state index in [4.69, 9.17) is 5.53 Å². The number of unbranched alkanes of at least 4 members (excludes halogenated alkanes) is 1. The molecule has 0 saturated carbocycles. The van der Waals surface area contributed by atoms with Gasteiger partial charge in [0.1, 0.15) is 0 Å². The Hall–Kier alpha value is -2.46. The summed E-state index contributed by atoms with van der Waals surface area (Å²) in [5.74, 6) is -0.0704. The third-order valence-electron chi connectivity index (χ3n) is 3.60. The van der Waals surface area contributed by atoms with Gasteiger partial charge in [-0.2, -0.15) is 0 Å². The van der Waals surface area contributed by atoms with Crippen molar-refractivity contribution in [1.82, 2.24) is 10.3 Å². The fourth-order valence-corrected chi connectivity index (χ4v) is 2.26. The van der Waals surface area contributed by atoms with Gasteiger partial charge in [-0.1, -0.05) is 5.11 Å². The molecule has 1 aromatic heterocycles. The van der Waals surface area contributed by atoms with Gasteiger partial charge in [-0.05, 0) is 56.0 Å². The molecule has 2 rings (SSSR count). The number of carbonyl (C=O) groups excluding carboxylic acids is 1. The molecule has 21 heavy (non-hydrogen) atoms. The second kappa shape index (κ2) is 6.81. The van der Waals surface area contributed by atoms with E-state index in [9.17, 15) is 4.79 Å². The zero-order valence-electron chi connectivity index (χ0n) is 12.3. The van der Waals surface area contributed by atoms with Gasteiger partial charge in [0.25, 0.3) is 5.91 Å². The predicted octanol–water partition coefficient (Wildman–Crippen LogP) is 3.61. The zero-order chi connectivity index (χ0) is 15.2. The van der Waals surface area contributed by atoms with Crippen molar-refractivity contribution < 1.29 is 4.79 Å². The minimum Gasteiger partial charge on any atom is -0.358 e. The number of fused-ring (bicyclic) bond motifs is 1. The van der Waals surface area contributed by atoms with Crippen LogP contribution in [-0.4, -0.2) is 24.0 Å². The Morgan fingerprint density at radius 1 is 1.38 bits per heavy atom. The van der Waals surface area contributed by atoms with E-state index < -0.39 is 0 Å². The van der Waals surface area contributed by atoms with Crippen molar-refractivity contribution in [1.29, 1.82) is 0 Å². The number of rotatable bonds is 6. The molecule has 6 nitrogen and oxygen atoms in total. The maximum atomic E-state index is 12.1. The highest BCUT2D eigenvalue weighted by atomic mass is 16.1. The monoisotopic (exact) mass is 285 g/mol. The van der Waals surface area contributed by atoms with Crippen LogP contribution in [0, 0.1) is 13.8 Å². The van der Waals surface area contributed by atoms with Crippen LogP contribution in [0.2, 0.25) is 0 Å². The lowest BCUT2D eigenvalue weighted by atomic mass is 10.1. The first-order chi connectivity index (χ1) is 10.1. The first kappa shape index (κ1) is 14.9. The topological polar surface area (TPSA) is 93.6 Å². The summed E-state index contributed by atoms with van der Waals surface area (Å²) in [6.07, 6.45) is 1.58. The molecular weight excluding hydrogens is 266 g/mol. The molecule has 0 bridgehead atoms. The third kappa shape index (κ3) is 3.55. The summed E-state index contributed by atoms with van der Waals surface area (Å²) in [5, 5.41) is 7.43. The molecule has 1 aromatic carbocycles. The molecule has 0 fully saturated rings. The van der Waals surface area contributed by atoms with Crippen LogP contribution >= 0.6 is 0 Å². The average Bonchev–Trinajstić information content (AvgIpc) is 2.77. The smallest absolute Gasteiger partial charge is 0.251 e. The molecule has 0 atom stereocenters. The van der Waals surface area contributed by atoms with Crippen molar-refractivity contribution in [2.24, 2.45) is 5.11 Å².